The Kier molecular flexibility index (Phi) is 5.52. The van der Waals surface area contributed by atoms with Crippen LogP contribution in [0.2, 0.25) is 0 Å². The van der Waals surface area contributed by atoms with Crippen LogP contribution in [0.25, 0.3) is 0 Å². The Morgan fingerprint density at radius 1 is 1.04 bits per heavy atom. The number of carbonyl (C=O) groups is 2. The molecule has 0 heterocycles. The molecule has 1 N–H and O–H groups in total. The number of carbonyl (C=O) groups excluding carboxylic acids is 2. The molecule has 4 nitrogen and oxygen atoms in total. The summed E-state index contributed by atoms with van der Waals surface area (Å²) in [4.78, 5) is 23.7. The van der Waals surface area contributed by atoms with Crippen LogP contribution in [-0.4, -0.2) is 11.9 Å². The monoisotopic (exact) mass is 311 g/mol. The Balaban J connectivity index is 2.04. The highest BCUT2D eigenvalue weighted by Gasteiger charge is 2.09. The minimum atomic E-state index is -0.264. The third kappa shape index (κ3) is 4.68. The summed E-state index contributed by atoms with van der Waals surface area (Å²) in [5.74, 6) is -0.00474. The summed E-state index contributed by atoms with van der Waals surface area (Å²) in [5.41, 5.74) is 3.47. The van der Waals surface area contributed by atoms with Crippen molar-refractivity contribution in [3.63, 3.8) is 0 Å². The molecule has 23 heavy (non-hydrogen) atoms. The number of esters is 1. The number of amides is 1. The minimum absolute atomic E-state index is 0.191. The van der Waals surface area contributed by atoms with Gasteiger partial charge in [-0.2, -0.15) is 0 Å². The van der Waals surface area contributed by atoms with Crippen molar-refractivity contribution in [2.24, 2.45) is 0 Å². The maximum atomic E-state index is 12.3. The minimum Gasteiger partial charge on any atom is -0.427 e. The molecule has 0 aliphatic carbocycles. The molecule has 0 spiro atoms. The van der Waals surface area contributed by atoms with E-state index in [0.717, 1.165) is 23.2 Å². The molecule has 0 radical (unpaired) electrons. The van der Waals surface area contributed by atoms with Gasteiger partial charge in [-0.05, 0) is 56.2 Å². The molecule has 0 aliphatic heterocycles. The highest BCUT2D eigenvalue weighted by Crippen LogP contribution is 2.18. The van der Waals surface area contributed by atoms with Gasteiger partial charge in [0.15, 0.2) is 0 Å². The van der Waals surface area contributed by atoms with Crippen LogP contribution in [0.5, 0.6) is 5.75 Å². The predicted octanol–water partition coefficient (Wildman–Crippen LogP) is 4.26. The lowest BCUT2D eigenvalue weighted by Gasteiger charge is -2.10. The van der Waals surface area contributed by atoms with E-state index < -0.39 is 0 Å². The predicted molar refractivity (Wildman–Crippen MR) is 90.9 cm³/mol. The molecule has 1 amide bonds. The summed E-state index contributed by atoms with van der Waals surface area (Å²) in [6.45, 7) is 5.89. The zero-order valence-corrected chi connectivity index (χ0v) is 13.7. The first-order valence-electron chi connectivity index (χ1n) is 7.69. The fourth-order valence-corrected chi connectivity index (χ4v) is 2.21. The molecular weight excluding hydrogens is 290 g/mol. The second kappa shape index (κ2) is 7.58. The van der Waals surface area contributed by atoms with Crippen molar-refractivity contribution in [1.82, 2.24) is 0 Å². The molecule has 2 rings (SSSR count). The maximum absolute atomic E-state index is 12.3. The molecule has 2 aromatic rings. The van der Waals surface area contributed by atoms with Crippen LogP contribution in [0.15, 0.2) is 42.5 Å². The van der Waals surface area contributed by atoms with Gasteiger partial charge in [0.05, 0.1) is 0 Å². The van der Waals surface area contributed by atoms with E-state index in [2.05, 4.69) is 5.32 Å². The quantitative estimate of drug-likeness (QED) is 0.663. The lowest BCUT2D eigenvalue weighted by Crippen LogP contribution is -2.13. The van der Waals surface area contributed by atoms with Gasteiger partial charge in [0.1, 0.15) is 5.75 Å². The molecular formula is C19H21NO3. The highest BCUT2D eigenvalue weighted by molar-refractivity contribution is 6.04. The van der Waals surface area contributed by atoms with E-state index in [-0.39, 0.29) is 11.9 Å². The van der Waals surface area contributed by atoms with E-state index in [1.165, 1.54) is 0 Å². The second-order valence-electron chi connectivity index (χ2n) is 5.52. The third-order valence-corrected chi connectivity index (χ3v) is 3.43. The van der Waals surface area contributed by atoms with Gasteiger partial charge in [-0.1, -0.05) is 24.6 Å². The van der Waals surface area contributed by atoms with E-state index in [1.807, 2.05) is 39.0 Å². The van der Waals surface area contributed by atoms with Crippen molar-refractivity contribution in [2.75, 3.05) is 5.32 Å². The Morgan fingerprint density at radius 3 is 2.35 bits per heavy atom. The molecule has 0 saturated carbocycles. The Morgan fingerprint density at radius 2 is 1.74 bits per heavy atom. The topological polar surface area (TPSA) is 55.4 Å². The highest BCUT2D eigenvalue weighted by atomic mass is 16.5. The molecule has 0 aliphatic rings. The number of benzene rings is 2. The average molecular weight is 311 g/mol. The molecule has 0 fully saturated rings. The number of aryl methyl sites for hydroxylation is 2. The van der Waals surface area contributed by atoms with Crippen molar-refractivity contribution < 1.29 is 14.3 Å². The van der Waals surface area contributed by atoms with Crippen molar-refractivity contribution in [2.45, 2.75) is 33.6 Å². The summed E-state index contributed by atoms with van der Waals surface area (Å²) < 4.78 is 5.17. The van der Waals surface area contributed by atoms with Gasteiger partial charge < -0.3 is 10.1 Å². The zero-order valence-electron chi connectivity index (χ0n) is 13.7. The molecule has 0 saturated heterocycles. The number of hydrogen-bond acceptors (Lipinski definition) is 3. The number of rotatable bonds is 5. The molecule has 0 bridgehead atoms. The van der Waals surface area contributed by atoms with Gasteiger partial charge in [-0.15, -0.1) is 0 Å². The first kappa shape index (κ1) is 16.7. The number of ether oxygens (including phenoxy) is 1. The molecule has 0 aromatic heterocycles. The van der Waals surface area contributed by atoms with Gasteiger partial charge in [0, 0.05) is 17.7 Å². The summed E-state index contributed by atoms with van der Waals surface area (Å²) in [6.07, 6.45) is 1.13. The molecule has 0 atom stereocenters. The van der Waals surface area contributed by atoms with Crippen molar-refractivity contribution in [1.29, 1.82) is 0 Å². The van der Waals surface area contributed by atoms with E-state index >= 15 is 0 Å². The first-order valence-corrected chi connectivity index (χ1v) is 7.69. The normalized spacial score (nSPS) is 10.2. The fourth-order valence-electron chi connectivity index (χ4n) is 2.21. The summed E-state index contributed by atoms with van der Waals surface area (Å²) >= 11 is 0. The van der Waals surface area contributed by atoms with E-state index in [0.29, 0.717) is 17.7 Å². The fraction of sp³-hybridized carbons (Fsp3) is 0.263. The van der Waals surface area contributed by atoms with E-state index in [1.54, 1.807) is 24.3 Å². The van der Waals surface area contributed by atoms with E-state index in [9.17, 15) is 9.59 Å². The van der Waals surface area contributed by atoms with Crippen molar-refractivity contribution in [3.05, 3.63) is 59.2 Å². The van der Waals surface area contributed by atoms with Crippen LogP contribution in [-0.2, 0) is 4.79 Å². The second-order valence-corrected chi connectivity index (χ2v) is 5.52. The molecule has 120 valence electrons. The maximum Gasteiger partial charge on any atom is 0.311 e. The Labute approximate surface area is 136 Å². The largest absolute Gasteiger partial charge is 0.427 e. The zero-order chi connectivity index (χ0) is 16.8. The Hall–Kier alpha value is -2.62. The van der Waals surface area contributed by atoms with Crippen molar-refractivity contribution >= 4 is 17.6 Å². The lowest BCUT2D eigenvalue weighted by molar-refractivity contribution is -0.134. The van der Waals surface area contributed by atoms with Crippen LogP contribution in [0, 0.1) is 13.8 Å². The average Bonchev–Trinajstić information content (AvgIpc) is 2.51. The SMILES string of the molecule is CCCC(=O)Oc1ccc(C(=O)Nc2ccc(C)cc2C)cc1. The van der Waals surface area contributed by atoms with Gasteiger partial charge in [0.25, 0.3) is 5.91 Å². The number of hydrogen-bond donors (Lipinski definition) is 1. The Bertz CT molecular complexity index is 705. The summed E-state index contributed by atoms with van der Waals surface area (Å²) in [5, 5.41) is 2.89. The van der Waals surface area contributed by atoms with Crippen LogP contribution in [0.4, 0.5) is 5.69 Å². The third-order valence-electron chi connectivity index (χ3n) is 3.43. The number of nitrogens with one attached hydrogen (secondary N) is 1. The molecule has 4 heteroatoms. The van der Waals surface area contributed by atoms with E-state index in [4.69, 9.17) is 4.74 Å². The van der Waals surface area contributed by atoms with Gasteiger partial charge in [-0.25, -0.2) is 0 Å². The van der Waals surface area contributed by atoms with Crippen LogP contribution in [0.3, 0.4) is 0 Å². The van der Waals surface area contributed by atoms with Crippen LogP contribution >= 0.6 is 0 Å². The van der Waals surface area contributed by atoms with Gasteiger partial charge in [-0.3, -0.25) is 9.59 Å². The van der Waals surface area contributed by atoms with Gasteiger partial charge in [0.2, 0.25) is 0 Å². The lowest BCUT2D eigenvalue weighted by atomic mass is 10.1. The van der Waals surface area contributed by atoms with Crippen LogP contribution < -0.4 is 10.1 Å². The summed E-state index contributed by atoms with van der Waals surface area (Å²) in [7, 11) is 0. The van der Waals surface area contributed by atoms with Crippen molar-refractivity contribution in [3.8, 4) is 5.75 Å². The smallest absolute Gasteiger partial charge is 0.311 e. The summed E-state index contributed by atoms with van der Waals surface area (Å²) in [6, 6.07) is 12.4. The first-order chi connectivity index (χ1) is 11.0. The van der Waals surface area contributed by atoms with Crippen LogP contribution in [0.1, 0.15) is 41.3 Å². The standard InChI is InChI=1S/C19H21NO3/c1-4-5-18(21)23-16-9-7-15(8-10-16)19(22)20-17-11-6-13(2)12-14(17)3/h6-12H,4-5H2,1-3H3,(H,20,22). The number of anilines is 1. The molecule has 0 unspecified atom stereocenters. The van der Waals surface area contributed by atoms with Gasteiger partial charge >= 0.3 is 5.97 Å². The molecule has 2 aromatic carbocycles.